The Hall–Kier alpha value is -2.74. The van der Waals surface area contributed by atoms with Crippen molar-refractivity contribution in [3.8, 4) is 11.5 Å². The van der Waals surface area contributed by atoms with Crippen molar-refractivity contribution in [2.75, 3.05) is 17.5 Å². The zero-order valence-electron chi connectivity index (χ0n) is 13.1. The minimum atomic E-state index is -3.89. The molecular weight excluding hydrogens is 346 g/mol. The smallest absolute Gasteiger partial charge is 0.305 e. The Bertz CT molecular complexity index is 941. The minimum Gasteiger partial charge on any atom is -0.486 e. The zero-order valence-corrected chi connectivity index (χ0v) is 13.9. The van der Waals surface area contributed by atoms with Crippen LogP contribution in [0.2, 0.25) is 0 Å². The van der Waals surface area contributed by atoms with Crippen molar-refractivity contribution < 1.29 is 27.8 Å². The number of para-hydroxylation sites is 1. The summed E-state index contributed by atoms with van der Waals surface area (Å²) in [6.07, 6.45) is -0.346. The summed E-state index contributed by atoms with van der Waals surface area (Å²) in [4.78, 5) is 11.4. The van der Waals surface area contributed by atoms with E-state index in [-0.39, 0.29) is 11.3 Å². The summed E-state index contributed by atoms with van der Waals surface area (Å²) >= 11 is 0. The number of fused-ring (bicyclic) bond motifs is 2. The Labute approximate surface area is 144 Å². The van der Waals surface area contributed by atoms with Crippen LogP contribution in [0.1, 0.15) is 18.0 Å². The van der Waals surface area contributed by atoms with Gasteiger partial charge in [0, 0.05) is 11.6 Å². The first-order valence-corrected chi connectivity index (χ1v) is 9.17. The van der Waals surface area contributed by atoms with Crippen molar-refractivity contribution in [3.63, 3.8) is 0 Å². The lowest BCUT2D eigenvalue weighted by atomic mass is 10.0. The van der Waals surface area contributed by atoms with E-state index in [1.807, 2.05) is 0 Å². The predicted octanol–water partition coefficient (Wildman–Crippen LogP) is 2.18. The van der Waals surface area contributed by atoms with Gasteiger partial charge in [0.05, 0.1) is 23.0 Å². The number of benzene rings is 2. The van der Waals surface area contributed by atoms with Crippen molar-refractivity contribution in [3.05, 3.63) is 48.0 Å². The van der Waals surface area contributed by atoms with Crippen LogP contribution in [0.15, 0.2) is 47.4 Å². The molecule has 0 saturated carbocycles. The van der Waals surface area contributed by atoms with Crippen LogP contribution < -0.4 is 13.8 Å². The van der Waals surface area contributed by atoms with E-state index in [0.29, 0.717) is 36.0 Å². The molecular formula is C17H15NO6S. The second kappa shape index (κ2) is 5.66. The van der Waals surface area contributed by atoms with E-state index >= 15 is 0 Å². The normalized spacial score (nSPS) is 20.2. The minimum absolute atomic E-state index is 0.0619. The molecule has 1 unspecified atom stereocenters. The van der Waals surface area contributed by atoms with E-state index in [2.05, 4.69) is 0 Å². The number of ether oxygens (including phenoxy) is 2. The molecule has 2 heterocycles. The fourth-order valence-electron chi connectivity index (χ4n) is 3.22. The number of hydrogen-bond acceptors (Lipinski definition) is 5. The van der Waals surface area contributed by atoms with Gasteiger partial charge >= 0.3 is 5.97 Å². The van der Waals surface area contributed by atoms with Gasteiger partial charge in [0.1, 0.15) is 13.2 Å². The van der Waals surface area contributed by atoms with Gasteiger partial charge in [0.15, 0.2) is 11.5 Å². The van der Waals surface area contributed by atoms with Crippen LogP contribution in [0.3, 0.4) is 0 Å². The topological polar surface area (TPSA) is 93.1 Å². The Balaban J connectivity index is 1.92. The van der Waals surface area contributed by atoms with Crippen LogP contribution in [-0.2, 0) is 14.8 Å². The van der Waals surface area contributed by atoms with Gasteiger partial charge < -0.3 is 14.6 Å². The molecule has 7 nitrogen and oxygen atoms in total. The highest BCUT2D eigenvalue weighted by Crippen LogP contribution is 2.48. The van der Waals surface area contributed by atoms with Crippen LogP contribution in [0, 0.1) is 0 Å². The first-order valence-electron chi connectivity index (χ1n) is 7.73. The molecule has 0 aromatic heterocycles. The first kappa shape index (κ1) is 15.8. The van der Waals surface area contributed by atoms with E-state index in [1.54, 1.807) is 36.4 Å². The highest BCUT2D eigenvalue weighted by atomic mass is 32.2. The summed E-state index contributed by atoms with van der Waals surface area (Å²) in [7, 11) is -3.89. The lowest BCUT2D eigenvalue weighted by molar-refractivity contribution is -0.137. The second-order valence-electron chi connectivity index (χ2n) is 5.78. The predicted molar refractivity (Wildman–Crippen MR) is 88.5 cm³/mol. The number of nitrogens with zero attached hydrogens (tertiary/aromatic N) is 1. The summed E-state index contributed by atoms with van der Waals surface area (Å²) in [6, 6.07) is 10.7. The molecule has 0 amide bonds. The molecule has 2 aliphatic rings. The fourth-order valence-corrected chi connectivity index (χ4v) is 5.10. The Morgan fingerprint density at radius 2 is 1.76 bits per heavy atom. The second-order valence-corrected chi connectivity index (χ2v) is 7.57. The maximum atomic E-state index is 13.1. The molecule has 0 spiro atoms. The summed E-state index contributed by atoms with van der Waals surface area (Å²) in [5.74, 6) is -0.285. The number of rotatable bonds is 3. The number of carbonyl (C=O) groups is 1. The average molecular weight is 361 g/mol. The van der Waals surface area contributed by atoms with E-state index in [1.165, 1.54) is 6.07 Å². The van der Waals surface area contributed by atoms with Crippen molar-refractivity contribution in [1.82, 2.24) is 0 Å². The van der Waals surface area contributed by atoms with E-state index in [4.69, 9.17) is 9.47 Å². The molecule has 25 heavy (non-hydrogen) atoms. The monoisotopic (exact) mass is 361 g/mol. The zero-order chi connectivity index (χ0) is 17.6. The molecule has 4 rings (SSSR count). The summed E-state index contributed by atoms with van der Waals surface area (Å²) in [5.41, 5.74) is 0.834. The number of sulfonamides is 1. The van der Waals surface area contributed by atoms with Gasteiger partial charge in [0.25, 0.3) is 10.0 Å². The van der Waals surface area contributed by atoms with Gasteiger partial charge in [-0.25, -0.2) is 8.42 Å². The lowest BCUT2D eigenvalue weighted by Crippen LogP contribution is -2.29. The highest BCUT2D eigenvalue weighted by Gasteiger charge is 2.45. The maximum absolute atomic E-state index is 13.1. The SMILES string of the molecule is O=C(O)CC1c2cc3c(cc2S(=O)(=O)N1c1ccccc1)OCCO3. The largest absolute Gasteiger partial charge is 0.486 e. The molecule has 1 N–H and O–H groups in total. The van der Waals surface area contributed by atoms with Crippen LogP contribution in [-0.4, -0.2) is 32.7 Å². The maximum Gasteiger partial charge on any atom is 0.305 e. The molecule has 0 fully saturated rings. The van der Waals surface area contributed by atoms with Gasteiger partial charge in [-0.15, -0.1) is 0 Å². The van der Waals surface area contributed by atoms with Gasteiger partial charge in [-0.05, 0) is 18.2 Å². The van der Waals surface area contributed by atoms with Gasteiger partial charge in [0.2, 0.25) is 0 Å². The molecule has 2 aromatic carbocycles. The van der Waals surface area contributed by atoms with E-state index < -0.39 is 22.0 Å². The fraction of sp³-hybridized carbons (Fsp3) is 0.235. The van der Waals surface area contributed by atoms with Gasteiger partial charge in [-0.2, -0.15) is 0 Å². The molecule has 2 aromatic rings. The molecule has 0 aliphatic carbocycles. The number of aliphatic carboxylic acids is 1. The van der Waals surface area contributed by atoms with Crippen molar-refractivity contribution >= 4 is 21.7 Å². The van der Waals surface area contributed by atoms with E-state index in [0.717, 1.165) is 4.31 Å². The quantitative estimate of drug-likeness (QED) is 0.901. The highest BCUT2D eigenvalue weighted by molar-refractivity contribution is 7.93. The van der Waals surface area contributed by atoms with E-state index in [9.17, 15) is 18.3 Å². The first-order chi connectivity index (χ1) is 12.0. The van der Waals surface area contributed by atoms with Gasteiger partial charge in [-0.1, -0.05) is 18.2 Å². The van der Waals surface area contributed by atoms with Crippen molar-refractivity contribution in [1.29, 1.82) is 0 Å². The Morgan fingerprint density at radius 1 is 1.12 bits per heavy atom. The third-order valence-electron chi connectivity index (χ3n) is 4.23. The Kier molecular flexibility index (Phi) is 3.57. The molecule has 130 valence electrons. The standard InChI is InChI=1S/C17H15NO6S/c19-17(20)9-13-12-8-14-15(24-7-6-23-14)10-16(12)25(21,22)18(13)11-4-2-1-3-5-11/h1-5,8,10,13H,6-7,9H2,(H,19,20). The number of carboxylic acid groups (broad SMARTS) is 1. The third kappa shape index (κ3) is 2.49. The number of carboxylic acids is 1. The molecule has 0 saturated heterocycles. The van der Waals surface area contributed by atoms with Crippen LogP contribution in [0.4, 0.5) is 5.69 Å². The Morgan fingerprint density at radius 3 is 2.40 bits per heavy atom. The summed E-state index contributed by atoms with van der Waals surface area (Å²) in [5, 5.41) is 9.30. The lowest BCUT2D eigenvalue weighted by Gasteiger charge is -2.24. The third-order valence-corrected chi connectivity index (χ3v) is 6.12. The van der Waals surface area contributed by atoms with Crippen molar-refractivity contribution in [2.24, 2.45) is 0 Å². The molecule has 0 bridgehead atoms. The number of anilines is 1. The van der Waals surface area contributed by atoms with Crippen LogP contribution in [0.5, 0.6) is 11.5 Å². The number of hydrogen-bond donors (Lipinski definition) is 1. The molecule has 1 atom stereocenters. The van der Waals surface area contributed by atoms with Gasteiger partial charge in [-0.3, -0.25) is 9.10 Å². The molecule has 8 heteroatoms. The molecule has 0 radical (unpaired) electrons. The summed E-state index contributed by atoms with van der Waals surface area (Å²) < 4.78 is 38.4. The molecule has 2 aliphatic heterocycles. The van der Waals surface area contributed by atoms with Crippen molar-refractivity contribution in [2.45, 2.75) is 17.4 Å². The van der Waals surface area contributed by atoms with Crippen LogP contribution in [0.25, 0.3) is 0 Å². The summed E-state index contributed by atoms with van der Waals surface area (Å²) in [6.45, 7) is 0.706. The van der Waals surface area contributed by atoms with Crippen LogP contribution >= 0.6 is 0 Å². The average Bonchev–Trinajstić information content (AvgIpc) is 2.80.